The molecule has 3 aromatic rings. The third kappa shape index (κ3) is 3.73. The SMILES string of the molecule is CCn1c(=O)c(=O)n(Cc2c(Cl)cccc2Cl)c2cc(S(=O)(=O)N(C)C)ccc21. The topological polar surface area (TPSA) is 81.4 Å². The third-order valence-electron chi connectivity index (χ3n) is 4.67. The molecule has 1 heterocycles. The van der Waals surface area contributed by atoms with Gasteiger partial charge >= 0.3 is 11.1 Å². The second kappa shape index (κ2) is 7.95. The first-order chi connectivity index (χ1) is 13.6. The van der Waals surface area contributed by atoms with Crippen LogP contribution in [0.2, 0.25) is 10.0 Å². The van der Waals surface area contributed by atoms with Crippen LogP contribution in [0.5, 0.6) is 0 Å². The Bertz CT molecular complexity index is 1310. The van der Waals surface area contributed by atoms with E-state index in [1.165, 1.54) is 41.4 Å². The summed E-state index contributed by atoms with van der Waals surface area (Å²) < 4.78 is 28.8. The molecular formula is C19H19Cl2N3O4S. The van der Waals surface area contributed by atoms with Gasteiger partial charge in [0.25, 0.3) is 0 Å². The minimum Gasteiger partial charge on any atom is -0.302 e. The summed E-state index contributed by atoms with van der Waals surface area (Å²) in [5.74, 6) is 0. The van der Waals surface area contributed by atoms with Crippen molar-refractivity contribution in [2.24, 2.45) is 0 Å². The van der Waals surface area contributed by atoms with E-state index in [0.29, 0.717) is 26.6 Å². The largest absolute Gasteiger partial charge is 0.317 e. The number of rotatable bonds is 5. The van der Waals surface area contributed by atoms with E-state index < -0.39 is 21.1 Å². The lowest BCUT2D eigenvalue weighted by Crippen LogP contribution is -2.41. The van der Waals surface area contributed by atoms with Gasteiger partial charge in [-0.05, 0) is 37.3 Å². The van der Waals surface area contributed by atoms with Gasteiger partial charge in [-0.3, -0.25) is 14.2 Å². The number of aromatic nitrogens is 2. The molecule has 0 bridgehead atoms. The lowest BCUT2D eigenvalue weighted by molar-refractivity contribution is 0.521. The third-order valence-corrected chi connectivity index (χ3v) is 7.19. The van der Waals surface area contributed by atoms with E-state index in [4.69, 9.17) is 23.2 Å². The normalized spacial score (nSPS) is 12.1. The van der Waals surface area contributed by atoms with E-state index in [1.54, 1.807) is 25.1 Å². The molecule has 1 aromatic heterocycles. The molecule has 0 atom stereocenters. The summed E-state index contributed by atoms with van der Waals surface area (Å²) in [4.78, 5) is 25.5. The van der Waals surface area contributed by atoms with Gasteiger partial charge < -0.3 is 4.57 Å². The molecule has 0 spiro atoms. The van der Waals surface area contributed by atoms with Crippen LogP contribution in [-0.2, 0) is 23.1 Å². The zero-order valence-corrected chi connectivity index (χ0v) is 18.3. The minimum absolute atomic E-state index is 0.00899. The van der Waals surface area contributed by atoms with Gasteiger partial charge in [0.2, 0.25) is 10.0 Å². The second-order valence-corrected chi connectivity index (χ2v) is 9.55. The molecule has 0 fully saturated rings. The number of aryl methyl sites for hydroxylation is 1. The molecule has 2 aromatic carbocycles. The first-order valence-corrected chi connectivity index (χ1v) is 10.9. The van der Waals surface area contributed by atoms with Gasteiger partial charge in [-0.2, -0.15) is 0 Å². The standard InChI is InChI=1S/C19H19Cl2N3O4S/c1-4-23-16-9-8-12(29(27,28)22(2)3)10-17(16)24(19(26)18(23)25)11-13-14(20)6-5-7-15(13)21/h5-10H,4,11H2,1-3H3. The highest BCUT2D eigenvalue weighted by atomic mass is 35.5. The van der Waals surface area contributed by atoms with Crippen LogP contribution >= 0.6 is 23.2 Å². The van der Waals surface area contributed by atoms with E-state index in [2.05, 4.69) is 0 Å². The summed E-state index contributed by atoms with van der Waals surface area (Å²) >= 11 is 12.5. The predicted molar refractivity (Wildman–Crippen MR) is 115 cm³/mol. The summed E-state index contributed by atoms with van der Waals surface area (Å²) in [6.45, 7) is 1.93. The maximum Gasteiger partial charge on any atom is 0.317 e. The molecule has 0 N–H and O–H groups in total. The van der Waals surface area contributed by atoms with Gasteiger partial charge in [0.05, 0.1) is 22.5 Å². The summed E-state index contributed by atoms with van der Waals surface area (Å²) in [6, 6.07) is 9.27. The number of fused-ring (bicyclic) bond motifs is 1. The van der Waals surface area contributed by atoms with Gasteiger partial charge in [-0.25, -0.2) is 12.7 Å². The van der Waals surface area contributed by atoms with Crippen molar-refractivity contribution in [3.8, 4) is 0 Å². The lowest BCUT2D eigenvalue weighted by atomic mass is 10.2. The lowest BCUT2D eigenvalue weighted by Gasteiger charge is -2.17. The Morgan fingerprint density at radius 1 is 0.931 bits per heavy atom. The Morgan fingerprint density at radius 3 is 2.07 bits per heavy atom. The molecular weight excluding hydrogens is 437 g/mol. The summed E-state index contributed by atoms with van der Waals surface area (Å²) in [5.41, 5.74) is -0.275. The Balaban J connectivity index is 2.40. The molecule has 0 amide bonds. The summed E-state index contributed by atoms with van der Waals surface area (Å²) in [5, 5.41) is 0.684. The molecule has 0 aliphatic heterocycles. The molecule has 29 heavy (non-hydrogen) atoms. The monoisotopic (exact) mass is 455 g/mol. The van der Waals surface area contributed by atoms with E-state index in [9.17, 15) is 18.0 Å². The van der Waals surface area contributed by atoms with Crippen LogP contribution < -0.4 is 11.1 Å². The zero-order valence-electron chi connectivity index (χ0n) is 16.0. The Hall–Kier alpha value is -2.13. The second-order valence-electron chi connectivity index (χ2n) is 6.58. The van der Waals surface area contributed by atoms with Crippen molar-refractivity contribution in [1.82, 2.24) is 13.4 Å². The van der Waals surface area contributed by atoms with Crippen molar-refractivity contribution in [3.63, 3.8) is 0 Å². The van der Waals surface area contributed by atoms with Gasteiger partial charge in [0.15, 0.2) is 0 Å². The van der Waals surface area contributed by atoms with E-state index >= 15 is 0 Å². The number of sulfonamides is 1. The Morgan fingerprint density at radius 2 is 1.52 bits per heavy atom. The van der Waals surface area contributed by atoms with E-state index in [-0.39, 0.29) is 18.0 Å². The highest BCUT2D eigenvalue weighted by molar-refractivity contribution is 7.89. The molecule has 3 rings (SSSR count). The Kier molecular flexibility index (Phi) is 5.91. The molecule has 0 aliphatic carbocycles. The molecule has 154 valence electrons. The number of halogens is 2. The molecule has 0 saturated carbocycles. The van der Waals surface area contributed by atoms with Crippen molar-refractivity contribution in [2.45, 2.75) is 24.9 Å². The minimum atomic E-state index is -3.74. The smallest absolute Gasteiger partial charge is 0.302 e. The molecule has 10 heteroatoms. The van der Waals surface area contributed by atoms with Crippen LogP contribution in [0.3, 0.4) is 0 Å². The van der Waals surface area contributed by atoms with Crippen LogP contribution in [-0.4, -0.2) is 36.0 Å². The number of hydrogen-bond donors (Lipinski definition) is 0. The van der Waals surface area contributed by atoms with Crippen LogP contribution in [0.25, 0.3) is 11.0 Å². The van der Waals surface area contributed by atoms with Crippen molar-refractivity contribution in [1.29, 1.82) is 0 Å². The number of nitrogens with zero attached hydrogens (tertiary/aromatic N) is 3. The van der Waals surface area contributed by atoms with Gasteiger partial charge in [0, 0.05) is 36.2 Å². The first-order valence-electron chi connectivity index (χ1n) is 8.72. The first kappa shape index (κ1) is 21.6. The summed E-state index contributed by atoms with van der Waals surface area (Å²) in [6.07, 6.45) is 0. The quantitative estimate of drug-likeness (QED) is 0.553. The van der Waals surface area contributed by atoms with Crippen molar-refractivity contribution >= 4 is 44.3 Å². The highest BCUT2D eigenvalue weighted by Crippen LogP contribution is 2.26. The average Bonchev–Trinajstić information content (AvgIpc) is 2.67. The van der Waals surface area contributed by atoms with Crippen LogP contribution in [0.15, 0.2) is 50.9 Å². The molecule has 0 unspecified atom stereocenters. The van der Waals surface area contributed by atoms with E-state index in [1.807, 2.05) is 0 Å². The van der Waals surface area contributed by atoms with Crippen molar-refractivity contribution in [3.05, 3.63) is 72.7 Å². The van der Waals surface area contributed by atoms with E-state index in [0.717, 1.165) is 4.31 Å². The fraction of sp³-hybridized carbons (Fsp3) is 0.263. The number of benzene rings is 2. The average molecular weight is 456 g/mol. The van der Waals surface area contributed by atoms with Gasteiger partial charge in [-0.1, -0.05) is 29.3 Å². The Labute approximate surface area is 177 Å². The van der Waals surface area contributed by atoms with Crippen LogP contribution in [0.4, 0.5) is 0 Å². The van der Waals surface area contributed by atoms with Crippen LogP contribution in [0, 0.1) is 0 Å². The van der Waals surface area contributed by atoms with Crippen LogP contribution in [0.1, 0.15) is 12.5 Å². The highest BCUT2D eigenvalue weighted by Gasteiger charge is 2.21. The number of hydrogen-bond acceptors (Lipinski definition) is 4. The molecule has 0 radical (unpaired) electrons. The molecule has 0 saturated heterocycles. The van der Waals surface area contributed by atoms with Crippen molar-refractivity contribution < 1.29 is 8.42 Å². The zero-order chi connectivity index (χ0) is 21.5. The van der Waals surface area contributed by atoms with Gasteiger partial charge in [-0.15, -0.1) is 0 Å². The van der Waals surface area contributed by atoms with Crippen molar-refractivity contribution in [2.75, 3.05) is 14.1 Å². The maximum atomic E-state index is 12.9. The van der Waals surface area contributed by atoms with Gasteiger partial charge in [0.1, 0.15) is 0 Å². The summed E-state index contributed by atoms with van der Waals surface area (Å²) in [7, 11) is -0.899. The molecule has 0 aliphatic rings. The maximum absolute atomic E-state index is 12.9. The predicted octanol–water partition coefficient (Wildman–Crippen LogP) is 2.79. The molecule has 7 nitrogen and oxygen atoms in total. The fourth-order valence-corrected chi connectivity index (χ4v) is 4.52. The fourth-order valence-electron chi connectivity index (χ4n) is 3.08.